The van der Waals surface area contributed by atoms with Crippen LogP contribution in [0.4, 0.5) is 4.39 Å². The Morgan fingerprint density at radius 3 is 2.37 bits per heavy atom. The van der Waals surface area contributed by atoms with Crippen molar-refractivity contribution in [1.29, 1.82) is 0 Å². The highest BCUT2D eigenvalue weighted by Crippen LogP contribution is 2.43. The Morgan fingerprint density at radius 1 is 1.22 bits per heavy atom. The Morgan fingerprint density at radius 2 is 1.85 bits per heavy atom. The standard InChI is InChI=1S/C20H22BrFN4O/c1-4-14-8-13(9-15(5-2)24-14)20(12-6-7-17(22)16(21)10-12)18(11-27)26(3)19(23)25-20/h6-11,18H,4-5H2,1-3H3,(H2,23,25). The minimum Gasteiger partial charge on any atom is -0.370 e. The quantitative estimate of drug-likeness (QED) is 0.736. The van der Waals surface area contributed by atoms with Crippen molar-refractivity contribution in [3.63, 3.8) is 0 Å². The number of halogens is 2. The number of aldehydes is 1. The van der Waals surface area contributed by atoms with Crippen molar-refractivity contribution in [2.45, 2.75) is 38.3 Å². The molecule has 27 heavy (non-hydrogen) atoms. The molecule has 2 atom stereocenters. The zero-order valence-electron chi connectivity index (χ0n) is 15.5. The maximum atomic E-state index is 13.9. The van der Waals surface area contributed by atoms with Crippen LogP contribution in [0, 0.1) is 5.82 Å². The number of aliphatic imine (C=N–C) groups is 1. The number of hydrogen-bond donors (Lipinski definition) is 1. The fraction of sp³-hybridized carbons (Fsp3) is 0.350. The van der Waals surface area contributed by atoms with E-state index in [4.69, 9.17) is 10.7 Å². The molecule has 5 nitrogen and oxygen atoms in total. The predicted molar refractivity (Wildman–Crippen MR) is 107 cm³/mol. The predicted octanol–water partition coefficient (Wildman–Crippen LogP) is 3.18. The fourth-order valence-electron chi connectivity index (χ4n) is 3.54. The average Bonchev–Trinajstić information content (AvgIpc) is 2.94. The number of carbonyl (C=O) groups excluding carboxylic acids is 1. The van der Waals surface area contributed by atoms with E-state index in [-0.39, 0.29) is 11.8 Å². The third-order valence-corrected chi connectivity index (χ3v) is 5.69. The monoisotopic (exact) mass is 432 g/mol. The van der Waals surface area contributed by atoms with Gasteiger partial charge in [0.2, 0.25) is 0 Å². The number of aromatic nitrogens is 1. The van der Waals surface area contributed by atoms with Crippen LogP contribution >= 0.6 is 15.9 Å². The molecule has 3 rings (SSSR count). The molecule has 0 saturated heterocycles. The zero-order chi connectivity index (χ0) is 19.8. The number of nitrogens with zero attached hydrogens (tertiary/aromatic N) is 3. The molecule has 2 heterocycles. The van der Waals surface area contributed by atoms with Gasteiger partial charge in [-0.2, -0.15) is 0 Å². The van der Waals surface area contributed by atoms with E-state index in [0.29, 0.717) is 10.0 Å². The number of hydrogen-bond acceptors (Lipinski definition) is 5. The van der Waals surface area contributed by atoms with Gasteiger partial charge in [0.25, 0.3) is 0 Å². The van der Waals surface area contributed by atoms with Crippen LogP contribution in [0.2, 0.25) is 0 Å². The maximum absolute atomic E-state index is 13.9. The molecular weight excluding hydrogens is 411 g/mol. The smallest absolute Gasteiger partial charge is 0.193 e. The van der Waals surface area contributed by atoms with E-state index >= 15 is 0 Å². The Balaban J connectivity index is 2.36. The Bertz CT molecular complexity index is 895. The first-order valence-electron chi connectivity index (χ1n) is 8.86. The molecule has 1 aliphatic heterocycles. The summed E-state index contributed by atoms with van der Waals surface area (Å²) in [7, 11) is 1.74. The molecule has 0 bridgehead atoms. The van der Waals surface area contributed by atoms with Crippen molar-refractivity contribution < 1.29 is 9.18 Å². The van der Waals surface area contributed by atoms with E-state index in [9.17, 15) is 9.18 Å². The molecule has 7 heteroatoms. The topological polar surface area (TPSA) is 71.6 Å². The van der Waals surface area contributed by atoms with Gasteiger partial charge in [0.05, 0.1) is 4.47 Å². The lowest BCUT2D eigenvalue weighted by molar-refractivity contribution is -0.112. The molecule has 2 aromatic rings. The SMILES string of the molecule is CCc1cc(C2(c3ccc(F)c(Br)c3)N=C(N)N(C)C2C=O)cc(CC)n1. The largest absolute Gasteiger partial charge is 0.370 e. The van der Waals surface area contributed by atoms with Crippen molar-refractivity contribution >= 4 is 28.2 Å². The minimum absolute atomic E-state index is 0.264. The first-order chi connectivity index (χ1) is 12.9. The summed E-state index contributed by atoms with van der Waals surface area (Å²) in [6.07, 6.45) is 2.36. The molecule has 0 spiro atoms. The van der Waals surface area contributed by atoms with Crippen LogP contribution in [0.1, 0.15) is 36.4 Å². The molecule has 142 valence electrons. The lowest BCUT2D eigenvalue weighted by Crippen LogP contribution is -2.46. The number of carbonyl (C=O) groups is 1. The first kappa shape index (κ1) is 19.5. The molecule has 2 unspecified atom stereocenters. The van der Waals surface area contributed by atoms with Gasteiger partial charge in [0, 0.05) is 18.4 Å². The number of likely N-dealkylation sites (N-methyl/N-ethyl adjacent to an activating group) is 1. The second kappa shape index (κ2) is 7.38. The van der Waals surface area contributed by atoms with Gasteiger partial charge in [-0.25, -0.2) is 9.38 Å². The summed E-state index contributed by atoms with van der Waals surface area (Å²) in [5, 5.41) is 0. The summed E-state index contributed by atoms with van der Waals surface area (Å²) >= 11 is 3.25. The average molecular weight is 433 g/mol. The van der Waals surface area contributed by atoms with Gasteiger partial charge in [0.1, 0.15) is 23.7 Å². The van der Waals surface area contributed by atoms with Gasteiger partial charge in [-0.1, -0.05) is 19.9 Å². The molecular formula is C20H22BrFN4O. The van der Waals surface area contributed by atoms with Gasteiger partial charge in [-0.3, -0.25) is 4.98 Å². The highest BCUT2D eigenvalue weighted by atomic mass is 79.9. The van der Waals surface area contributed by atoms with Crippen molar-refractivity contribution in [3.8, 4) is 0 Å². The summed E-state index contributed by atoms with van der Waals surface area (Å²) in [5.41, 5.74) is 8.40. The van der Waals surface area contributed by atoms with Crippen LogP contribution in [0.5, 0.6) is 0 Å². The van der Waals surface area contributed by atoms with Crippen molar-refractivity contribution in [2.24, 2.45) is 10.7 Å². The lowest BCUT2D eigenvalue weighted by Gasteiger charge is -2.34. The van der Waals surface area contributed by atoms with Crippen molar-refractivity contribution in [2.75, 3.05) is 7.05 Å². The number of rotatable bonds is 5. The second-order valence-corrected chi connectivity index (χ2v) is 7.46. The summed E-state index contributed by atoms with van der Waals surface area (Å²) < 4.78 is 14.2. The van der Waals surface area contributed by atoms with E-state index < -0.39 is 11.6 Å². The summed E-state index contributed by atoms with van der Waals surface area (Å²) in [4.78, 5) is 23.1. The third-order valence-electron chi connectivity index (χ3n) is 5.08. The van der Waals surface area contributed by atoms with Crippen molar-refractivity contribution in [3.05, 3.63) is 63.1 Å². The van der Waals surface area contributed by atoms with Gasteiger partial charge < -0.3 is 15.4 Å². The summed E-state index contributed by atoms with van der Waals surface area (Å²) in [5.74, 6) is -0.112. The van der Waals surface area contributed by atoms with Crippen molar-refractivity contribution in [1.82, 2.24) is 9.88 Å². The molecule has 1 aliphatic rings. The molecule has 0 amide bonds. The lowest BCUT2D eigenvalue weighted by atomic mass is 9.77. The fourth-order valence-corrected chi connectivity index (χ4v) is 3.92. The number of pyridine rings is 1. The van der Waals surface area contributed by atoms with E-state index in [1.54, 1.807) is 24.1 Å². The van der Waals surface area contributed by atoms with Gasteiger partial charge in [0.15, 0.2) is 5.96 Å². The molecule has 2 N–H and O–H groups in total. The van der Waals surface area contributed by atoms with E-state index in [0.717, 1.165) is 36.1 Å². The van der Waals surface area contributed by atoms with Crippen LogP contribution in [0.25, 0.3) is 0 Å². The number of guanidine groups is 1. The Kier molecular flexibility index (Phi) is 5.33. The van der Waals surface area contributed by atoms with Gasteiger partial charge in [-0.05, 0) is 64.2 Å². The van der Waals surface area contributed by atoms with E-state index in [1.807, 2.05) is 26.0 Å². The molecule has 0 aliphatic carbocycles. The van der Waals surface area contributed by atoms with Gasteiger partial charge in [-0.15, -0.1) is 0 Å². The number of benzene rings is 1. The van der Waals surface area contributed by atoms with Crippen LogP contribution in [-0.4, -0.2) is 35.2 Å². The van der Waals surface area contributed by atoms with E-state index in [1.165, 1.54) is 6.07 Å². The molecule has 0 radical (unpaired) electrons. The normalized spacial score (nSPS) is 22.0. The zero-order valence-corrected chi connectivity index (χ0v) is 17.1. The highest BCUT2D eigenvalue weighted by molar-refractivity contribution is 9.10. The first-order valence-corrected chi connectivity index (χ1v) is 9.65. The molecule has 0 fully saturated rings. The minimum atomic E-state index is -1.06. The van der Waals surface area contributed by atoms with Crippen LogP contribution in [0.15, 0.2) is 39.8 Å². The van der Waals surface area contributed by atoms with E-state index in [2.05, 4.69) is 20.9 Å². The van der Waals surface area contributed by atoms with Crippen LogP contribution in [-0.2, 0) is 23.2 Å². The number of nitrogens with two attached hydrogens (primary N) is 1. The Hall–Kier alpha value is -2.28. The highest BCUT2D eigenvalue weighted by Gasteiger charge is 2.50. The number of aryl methyl sites for hydroxylation is 2. The van der Waals surface area contributed by atoms with Gasteiger partial charge >= 0.3 is 0 Å². The third kappa shape index (κ3) is 3.14. The summed E-state index contributed by atoms with van der Waals surface area (Å²) in [6, 6.07) is 7.97. The molecule has 0 saturated carbocycles. The maximum Gasteiger partial charge on any atom is 0.193 e. The van der Waals surface area contributed by atoms with Crippen LogP contribution in [0.3, 0.4) is 0 Å². The Labute approximate surface area is 166 Å². The second-order valence-electron chi connectivity index (χ2n) is 6.60. The van der Waals surface area contributed by atoms with Crippen LogP contribution < -0.4 is 5.73 Å². The molecule has 1 aromatic heterocycles. The molecule has 1 aromatic carbocycles. The summed E-state index contributed by atoms with van der Waals surface area (Å²) in [6.45, 7) is 4.06.